The molecule has 8 heteroatoms. The Hall–Kier alpha value is -1.93. The van der Waals surface area contributed by atoms with E-state index in [-0.39, 0.29) is 24.6 Å². The third-order valence-corrected chi connectivity index (χ3v) is 2.90. The number of nitrogens with zero attached hydrogens (tertiary/aromatic N) is 3. The molecule has 0 saturated heterocycles. The molecule has 0 aliphatic heterocycles. The fourth-order valence-electron chi connectivity index (χ4n) is 1.62. The Bertz CT molecular complexity index is 602. The van der Waals surface area contributed by atoms with Gasteiger partial charge >= 0.3 is 5.69 Å². The molecule has 0 amide bonds. The minimum absolute atomic E-state index is 0.0532. The zero-order chi connectivity index (χ0) is 14.5. The molecule has 1 heterocycles. The first-order valence-electron chi connectivity index (χ1n) is 5.78. The lowest BCUT2D eigenvalue weighted by molar-refractivity contribution is -0.385. The van der Waals surface area contributed by atoms with E-state index in [0.717, 1.165) is 4.47 Å². The van der Waals surface area contributed by atoms with Crippen molar-refractivity contribution in [3.63, 3.8) is 0 Å². The minimum atomic E-state index is -0.818. The van der Waals surface area contributed by atoms with Crippen LogP contribution in [0.15, 0.2) is 41.1 Å². The first-order chi connectivity index (χ1) is 9.56. The van der Waals surface area contributed by atoms with Crippen LogP contribution in [0.2, 0.25) is 0 Å². The molecule has 1 aromatic carbocycles. The molecule has 0 saturated carbocycles. The van der Waals surface area contributed by atoms with Gasteiger partial charge in [-0.05, 0) is 22.0 Å². The van der Waals surface area contributed by atoms with Crippen LogP contribution in [0, 0.1) is 10.1 Å². The van der Waals surface area contributed by atoms with Crippen molar-refractivity contribution >= 4 is 21.6 Å². The molecule has 0 fully saturated rings. The number of aliphatic hydroxyl groups excluding tert-OH is 1. The Morgan fingerprint density at radius 1 is 1.50 bits per heavy atom. The Labute approximate surface area is 123 Å². The van der Waals surface area contributed by atoms with Crippen LogP contribution in [0.4, 0.5) is 5.69 Å². The number of para-hydroxylation sites is 2. The van der Waals surface area contributed by atoms with Crippen molar-refractivity contribution in [2.45, 2.75) is 12.6 Å². The maximum absolute atomic E-state index is 10.8. The van der Waals surface area contributed by atoms with E-state index in [1.807, 2.05) is 0 Å². The highest BCUT2D eigenvalue weighted by molar-refractivity contribution is 9.10. The van der Waals surface area contributed by atoms with Crippen LogP contribution in [0.25, 0.3) is 0 Å². The lowest BCUT2D eigenvalue weighted by Gasteiger charge is -2.12. The summed E-state index contributed by atoms with van der Waals surface area (Å²) in [7, 11) is 0. The van der Waals surface area contributed by atoms with Gasteiger partial charge in [0.05, 0.1) is 22.1 Å². The lowest BCUT2D eigenvalue weighted by Crippen LogP contribution is -2.24. The number of rotatable bonds is 6. The summed E-state index contributed by atoms with van der Waals surface area (Å²) < 4.78 is 7.66. The average Bonchev–Trinajstić information content (AvgIpc) is 2.82. The predicted molar refractivity (Wildman–Crippen MR) is 74.5 cm³/mol. The van der Waals surface area contributed by atoms with E-state index >= 15 is 0 Å². The van der Waals surface area contributed by atoms with Crippen molar-refractivity contribution in [3.8, 4) is 5.75 Å². The Kier molecular flexibility index (Phi) is 4.70. The molecule has 0 spiro atoms. The smallest absolute Gasteiger partial charge is 0.310 e. The van der Waals surface area contributed by atoms with Crippen LogP contribution in [-0.2, 0) is 6.54 Å². The second-order valence-corrected chi connectivity index (χ2v) is 4.99. The summed E-state index contributed by atoms with van der Waals surface area (Å²) in [5.74, 6) is 0.137. The molecule has 0 aliphatic rings. The van der Waals surface area contributed by atoms with Crippen molar-refractivity contribution in [1.82, 2.24) is 9.78 Å². The van der Waals surface area contributed by atoms with E-state index in [4.69, 9.17) is 4.74 Å². The fourth-order valence-corrected chi connectivity index (χ4v) is 1.95. The Balaban J connectivity index is 1.93. The van der Waals surface area contributed by atoms with E-state index in [9.17, 15) is 15.2 Å². The van der Waals surface area contributed by atoms with Crippen LogP contribution in [-0.4, -0.2) is 32.5 Å². The Morgan fingerprint density at radius 3 is 2.90 bits per heavy atom. The highest BCUT2D eigenvalue weighted by Crippen LogP contribution is 2.25. The van der Waals surface area contributed by atoms with Gasteiger partial charge in [-0.3, -0.25) is 14.8 Å². The molecule has 0 radical (unpaired) electrons. The molecular weight excluding hydrogens is 330 g/mol. The number of nitro groups is 1. The second-order valence-electron chi connectivity index (χ2n) is 4.07. The molecule has 0 aliphatic carbocycles. The van der Waals surface area contributed by atoms with Gasteiger partial charge in [0.2, 0.25) is 0 Å². The zero-order valence-corrected chi connectivity index (χ0v) is 11.9. The lowest BCUT2D eigenvalue weighted by atomic mass is 10.3. The molecule has 1 unspecified atom stereocenters. The Morgan fingerprint density at radius 2 is 2.25 bits per heavy atom. The van der Waals surface area contributed by atoms with Crippen LogP contribution >= 0.6 is 15.9 Å². The van der Waals surface area contributed by atoms with Gasteiger partial charge in [0, 0.05) is 12.3 Å². The van der Waals surface area contributed by atoms with Crippen LogP contribution in [0.3, 0.4) is 0 Å². The molecule has 1 aromatic heterocycles. The first kappa shape index (κ1) is 14.5. The SMILES string of the molecule is O=[N+]([O-])c1ccccc1OCC(O)Cn1cc(Br)cn1. The summed E-state index contributed by atoms with van der Waals surface area (Å²) in [5.41, 5.74) is -0.124. The quantitative estimate of drug-likeness (QED) is 0.640. The minimum Gasteiger partial charge on any atom is -0.484 e. The van der Waals surface area contributed by atoms with Crippen molar-refractivity contribution in [2.24, 2.45) is 0 Å². The molecule has 2 rings (SSSR count). The van der Waals surface area contributed by atoms with Gasteiger partial charge in [-0.2, -0.15) is 5.10 Å². The maximum atomic E-state index is 10.8. The monoisotopic (exact) mass is 341 g/mol. The summed E-state index contributed by atoms with van der Waals surface area (Å²) in [6.45, 7) is 0.189. The average molecular weight is 342 g/mol. The summed E-state index contributed by atoms with van der Waals surface area (Å²) in [6.07, 6.45) is 2.51. The normalized spacial score (nSPS) is 12.1. The van der Waals surface area contributed by atoms with Gasteiger partial charge in [-0.1, -0.05) is 12.1 Å². The van der Waals surface area contributed by atoms with Crippen molar-refractivity contribution < 1.29 is 14.8 Å². The van der Waals surface area contributed by atoms with Crippen LogP contribution in [0.5, 0.6) is 5.75 Å². The summed E-state index contributed by atoms with van der Waals surface area (Å²) in [6, 6.07) is 6.05. The van der Waals surface area contributed by atoms with Crippen molar-refractivity contribution in [1.29, 1.82) is 0 Å². The van der Waals surface area contributed by atoms with Crippen LogP contribution < -0.4 is 4.74 Å². The number of aromatic nitrogens is 2. The number of ether oxygens (including phenoxy) is 1. The van der Waals surface area contributed by atoms with Crippen molar-refractivity contribution in [2.75, 3.05) is 6.61 Å². The number of hydrogen-bond donors (Lipinski definition) is 1. The first-order valence-corrected chi connectivity index (χ1v) is 6.58. The summed E-state index contributed by atoms with van der Waals surface area (Å²) in [5, 5.41) is 24.6. The molecule has 1 N–H and O–H groups in total. The fraction of sp³-hybridized carbons (Fsp3) is 0.250. The van der Waals surface area contributed by atoms with Gasteiger partial charge in [0.15, 0.2) is 5.75 Å². The maximum Gasteiger partial charge on any atom is 0.310 e. The zero-order valence-electron chi connectivity index (χ0n) is 10.3. The highest BCUT2D eigenvalue weighted by atomic mass is 79.9. The van der Waals surface area contributed by atoms with E-state index in [2.05, 4.69) is 21.0 Å². The predicted octanol–water partition coefficient (Wildman–Crippen LogP) is 1.99. The third-order valence-electron chi connectivity index (χ3n) is 2.49. The number of benzene rings is 1. The molecule has 20 heavy (non-hydrogen) atoms. The number of aliphatic hydroxyl groups is 1. The van der Waals surface area contributed by atoms with Gasteiger partial charge in [-0.15, -0.1) is 0 Å². The molecule has 106 valence electrons. The van der Waals surface area contributed by atoms with Gasteiger partial charge < -0.3 is 9.84 Å². The molecule has 0 bridgehead atoms. The van der Waals surface area contributed by atoms with E-state index < -0.39 is 11.0 Å². The standard InChI is InChI=1S/C12H12BrN3O4/c13-9-5-14-15(6-9)7-10(17)8-20-12-4-2-1-3-11(12)16(18)19/h1-6,10,17H,7-8H2. The topological polar surface area (TPSA) is 90.4 Å². The van der Waals surface area contributed by atoms with E-state index in [0.29, 0.717) is 0 Å². The highest BCUT2D eigenvalue weighted by Gasteiger charge is 2.15. The molecule has 1 atom stereocenters. The third kappa shape index (κ3) is 3.78. The van der Waals surface area contributed by atoms with Crippen molar-refractivity contribution in [3.05, 3.63) is 51.2 Å². The van der Waals surface area contributed by atoms with E-state index in [1.165, 1.54) is 12.1 Å². The number of nitro benzene ring substituents is 1. The molecule has 2 aromatic rings. The van der Waals surface area contributed by atoms with Gasteiger partial charge in [0.25, 0.3) is 0 Å². The number of hydrogen-bond acceptors (Lipinski definition) is 5. The number of halogens is 1. The summed E-state index contributed by atoms with van der Waals surface area (Å²) >= 11 is 3.25. The van der Waals surface area contributed by atoms with Gasteiger partial charge in [-0.25, -0.2) is 0 Å². The summed E-state index contributed by atoms with van der Waals surface area (Å²) in [4.78, 5) is 10.3. The van der Waals surface area contributed by atoms with Gasteiger partial charge in [0.1, 0.15) is 12.7 Å². The van der Waals surface area contributed by atoms with Crippen LogP contribution in [0.1, 0.15) is 0 Å². The van der Waals surface area contributed by atoms with E-state index in [1.54, 1.807) is 29.2 Å². The second kappa shape index (κ2) is 6.49. The molecular formula is C12H12BrN3O4. The molecule has 7 nitrogen and oxygen atoms in total. The largest absolute Gasteiger partial charge is 0.484 e.